The van der Waals surface area contributed by atoms with Crippen LogP contribution >= 0.6 is 0 Å². The molecule has 0 radical (unpaired) electrons. The molecule has 8 heteroatoms. The maximum absolute atomic E-state index is 11.5. The van der Waals surface area contributed by atoms with E-state index in [2.05, 4.69) is 224 Å². The van der Waals surface area contributed by atoms with E-state index in [9.17, 15) is 10.5 Å². The van der Waals surface area contributed by atoms with Gasteiger partial charge in [-0.05, 0) is 127 Å². The van der Waals surface area contributed by atoms with E-state index >= 15 is 0 Å². The summed E-state index contributed by atoms with van der Waals surface area (Å²) in [5.74, 6) is -0.270. The number of benzene rings is 11. The smallest absolute Gasteiger partial charge is 0.100 e. The third-order valence-electron chi connectivity index (χ3n) is 19.9. The lowest BCUT2D eigenvalue weighted by atomic mass is 9.59. The largest absolute Gasteiger partial charge is 0.308 e. The van der Waals surface area contributed by atoms with Gasteiger partial charge in [0.25, 0.3) is 0 Å². The summed E-state index contributed by atoms with van der Waals surface area (Å²) in [5, 5.41) is 32.1. The molecule has 0 aliphatic heterocycles. The molecule has 6 aliphatic carbocycles. The number of nitrogens with zero attached hydrogens (tertiary/aromatic N) is 8. The van der Waals surface area contributed by atoms with Gasteiger partial charge in [-0.25, -0.2) is 9.97 Å². The monoisotopic (exact) mass is 1040 g/mol. The topological polar surface area (TPSA) is 92.0 Å². The summed E-state index contributed by atoms with van der Waals surface area (Å²) in [6, 6.07) is 76.3. The van der Waals surface area contributed by atoms with Gasteiger partial charge >= 0.3 is 0 Å². The molecular weight excluding hydrogens is 1000 g/mol. The first kappa shape index (κ1) is 42.0. The average molecular weight is 1040 g/mol. The lowest BCUT2D eigenvalue weighted by Gasteiger charge is -2.43. The molecule has 23 rings (SSSR count). The minimum atomic E-state index is -0.0716. The summed E-state index contributed by atoms with van der Waals surface area (Å²) in [7, 11) is 0. The predicted molar refractivity (Wildman–Crippen MR) is 324 cm³/mol. The van der Waals surface area contributed by atoms with Crippen LogP contribution in [-0.4, -0.2) is 27.9 Å². The van der Waals surface area contributed by atoms with Crippen molar-refractivity contribution in [3.05, 3.63) is 285 Å². The Morgan fingerprint density at radius 1 is 0.317 bits per heavy atom. The minimum Gasteiger partial charge on any atom is -0.308 e. The maximum atomic E-state index is 11.5. The molecule has 0 fully saturated rings. The van der Waals surface area contributed by atoms with E-state index in [0.717, 1.165) is 110 Å². The summed E-state index contributed by atoms with van der Waals surface area (Å²) in [5.41, 5.74) is 28.8. The molecular formula is C74H38N8. The van der Waals surface area contributed by atoms with Crippen LogP contribution in [0.15, 0.2) is 207 Å². The highest BCUT2D eigenvalue weighted by atomic mass is 15.1. The summed E-state index contributed by atoms with van der Waals surface area (Å²) >= 11 is 0. The van der Waals surface area contributed by atoms with E-state index in [1.54, 1.807) is 0 Å². The molecule has 0 saturated heterocycles. The molecule has 0 spiro atoms. The third-order valence-corrected chi connectivity index (χ3v) is 19.9. The maximum Gasteiger partial charge on any atom is 0.100 e. The molecule has 4 bridgehead atoms. The Balaban J connectivity index is 0.977. The van der Waals surface area contributed by atoms with Crippen LogP contribution in [0, 0.1) is 22.7 Å². The fourth-order valence-electron chi connectivity index (χ4n) is 17.1. The van der Waals surface area contributed by atoms with Gasteiger partial charge < -0.3 is 8.80 Å². The number of rotatable bonds is 2. The van der Waals surface area contributed by atoms with Crippen LogP contribution in [0.5, 0.6) is 0 Å². The number of fused-ring (bicyclic) bond motifs is 16. The van der Waals surface area contributed by atoms with Crippen LogP contribution in [0.1, 0.15) is 102 Å². The number of imidazole rings is 2. The van der Waals surface area contributed by atoms with Crippen molar-refractivity contribution in [1.82, 2.24) is 27.9 Å². The number of hydrogen-bond donors (Lipinski definition) is 0. The fraction of sp³-hybridized carbons (Fsp3) is 0.0541. The van der Waals surface area contributed by atoms with Crippen LogP contribution in [0.2, 0.25) is 0 Å². The summed E-state index contributed by atoms with van der Waals surface area (Å²) in [4.78, 5) is 10.6. The van der Waals surface area contributed by atoms with E-state index in [4.69, 9.17) is 9.97 Å². The number of hydrogen-bond acceptors (Lipinski definition) is 4. The lowest BCUT2D eigenvalue weighted by molar-refractivity contribution is 0.759. The van der Waals surface area contributed by atoms with Gasteiger partial charge in [-0.15, -0.1) is 0 Å². The second-order valence-electron chi connectivity index (χ2n) is 23.3. The average Bonchev–Trinajstić information content (AvgIpc) is 1.51. The standard InChI is InChI=1S/C74H38N8/c75-33-37-27-57-65(69-59(37)61-41-19-7-11-23-45(41)63(69)46-24-12-8-20-42(46)61)51-29-53-73(79(35-77-53)39-15-3-1-4-16-39)67-49-31-56-50(32-55(49)81(57)71(51)67)68-72-52(30-54-74(68)80(36-78-54)40-17-5-2-6-18-40)66-58(82(56)72)28-38(34-76)60-62-43-21-9-13-25-47(43)64(70(60)66)48-26-14-10-22-44(48)62/h1-32,35-36,61-64H. The second-order valence-corrected chi connectivity index (χ2v) is 23.3. The Bertz CT molecular complexity index is 5480. The number of aromatic nitrogens is 6. The molecule has 0 N–H and O–H groups in total. The van der Waals surface area contributed by atoms with Gasteiger partial charge in [0.1, 0.15) is 12.7 Å². The molecule has 6 aliphatic rings. The zero-order chi connectivity index (χ0) is 53.1. The van der Waals surface area contributed by atoms with Crippen molar-refractivity contribution >= 4 is 98.3 Å². The van der Waals surface area contributed by atoms with Crippen LogP contribution in [0.4, 0.5) is 0 Å². The minimum absolute atomic E-state index is 0.0632. The molecule has 0 unspecified atom stereocenters. The summed E-state index contributed by atoms with van der Waals surface area (Å²) in [6.45, 7) is 0. The number of nitriles is 2. The first-order chi connectivity index (χ1) is 40.7. The highest BCUT2D eigenvalue weighted by Crippen LogP contribution is 2.62. The van der Waals surface area contributed by atoms with Crippen molar-refractivity contribution in [3.63, 3.8) is 0 Å². The zero-order valence-electron chi connectivity index (χ0n) is 43.5. The van der Waals surface area contributed by atoms with E-state index < -0.39 is 0 Å². The quantitative estimate of drug-likeness (QED) is 0.172. The Hall–Kier alpha value is -11.1. The molecule has 374 valence electrons. The van der Waals surface area contributed by atoms with Crippen molar-refractivity contribution in [2.45, 2.75) is 23.7 Å². The Kier molecular flexibility index (Phi) is 7.27. The van der Waals surface area contributed by atoms with Crippen molar-refractivity contribution in [2.75, 3.05) is 0 Å². The first-order valence-corrected chi connectivity index (χ1v) is 28.2. The summed E-state index contributed by atoms with van der Waals surface area (Å²) < 4.78 is 9.50. The molecule has 6 aromatic heterocycles. The van der Waals surface area contributed by atoms with Gasteiger partial charge in [-0.3, -0.25) is 9.13 Å². The van der Waals surface area contributed by atoms with Gasteiger partial charge in [-0.2, -0.15) is 10.5 Å². The van der Waals surface area contributed by atoms with Crippen LogP contribution in [0.25, 0.3) is 110 Å². The van der Waals surface area contributed by atoms with Gasteiger partial charge in [0.05, 0.1) is 78.4 Å². The van der Waals surface area contributed by atoms with Crippen LogP contribution in [-0.2, 0) is 0 Å². The van der Waals surface area contributed by atoms with Crippen LogP contribution in [0.3, 0.4) is 0 Å². The van der Waals surface area contributed by atoms with Crippen molar-refractivity contribution in [2.24, 2.45) is 0 Å². The Labute approximate surface area is 466 Å². The molecule has 0 atom stereocenters. The molecule has 0 saturated carbocycles. The van der Waals surface area contributed by atoms with E-state index in [-0.39, 0.29) is 23.7 Å². The normalized spacial score (nSPS) is 17.2. The van der Waals surface area contributed by atoms with Gasteiger partial charge in [0.2, 0.25) is 0 Å². The van der Waals surface area contributed by atoms with Crippen molar-refractivity contribution in [1.29, 1.82) is 10.5 Å². The van der Waals surface area contributed by atoms with E-state index in [0.29, 0.717) is 11.1 Å². The first-order valence-electron chi connectivity index (χ1n) is 28.2. The fourth-order valence-corrected chi connectivity index (χ4v) is 17.1. The molecule has 8 nitrogen and oxygen atoms in total. The Morgan fingerprint density at radius 3 is 0.988 bits per heavy atom. The SMILES string of the molecule is N#Cc1cc2c(c3c1C1c4ccccc4C3c3ccccc31)c1cc3ncn(-c4ccccc4)c3c3c4cc5c(cc4n2c13)c1c2c(cc3c4c6c(c(C#N)cc4n5c31)C1c3ccccc3C6c3ccccc31)ncn2-c1ccccc1. The van der Waals surface area contributed by atoms with Crippen LogP contribution < -0.4 is 0 Å². The van der Waals surface area contributed by atoms with E-state index in [1.165, 1.54) is 66.4 Å². The van der Waals surface area contributed by atoms with Crippen molar-refractivity contribution < 1.29 is 0 Å². The lowest BCUT2D eigenvalue weighted by Crippen LogP contribution is -2.28. The molecule has 82 heavy (non-hydrogen) atoms. The molecule has 6 heterocycles. The molecule has 11 aromatic carbocycles. The highest BCUT2D eigenvalue weighted by molar-refractivity contribution is 6.36. The number of para-hydroxylation sites is 2. The van der Waals surface area contributed by atoms with Gasteiger partial charge in [0.15, 0.2) is 0 Å². The van der Waals surface area contributed by atoms with Crippen molar-refractivity contribution in [3.8, 4) is 23.5 Å². The summed E-state index contributed by atoms with van der Waals surface area (Å²) in [6.07, 6.45) is 3.98. The Morgan fingerprint density at radius 2 is 0.646 bits per heavy atom. The van der Waals surface area contributed by atoms with Gasteiger partial charge in [0, 0.05) is 78.1 Å². The highest BCUT2D eigenvalue weighted by Gasteiger charge is 2.47. The van der Waals surface area contributed by atoms with Gasteiger partial charge in [-0.1, -0.05) is 133 Å². The van der Waals surface area contributed by atoms with E-state index in [1.807, 2.05) is 12.7 Å². The zero-order valence-corrected chi connectivity index (χ0v) is 43.5. The molecule has 0 amide bonds. The third kappa shape index (κ3) is 4.60. The second kappa shape index (κ2) is 14.2. The predicted octanol–water partition coefficient (Wildman–Crippen LogP) is 16.4. The molecule has 17 aromatic rings.